The molecule has 0 unspecified atom stereocenters. The summed E-state index contributed by atoms with van der Waals surface area (Å²) in [6.45, 7) is 3.76. The number of hydrogen-bond donors (Lipinski definition) is 1. The van der Waals surface area contributed by atoms with Gasteiger partial charge in [-0.15, -0.1) is 0 Å². The molecule has 3 rings (SSSR count). The molecule has 2 aromatic rings. The van der Waals surface area contributed by atoms with E-state index in [1.54, 1.807) is 6.92 Å². The predicted octanol–water partition coefficient (Wildman–Crippen LogP) is 4.33. The summed E-state index contributed by atoms with van der Waals surface area (Å²) in [6.07, 6.45) is 3.27. The highest BCUT2D eigenvalue weighted by molar-refractivity contribution is 7.99. The molecular weight excluding hydrogens is 330 g/mol. The zero-order valence-corrected chi connectivity index (χ0v) is 14.6. The molecule has 0 bridgehead atoms. The van der Waals surface area contributed by atoms with Gasteiger partial charge in [-0.3, -0.25) is 4.79 Å². The fourth-order valence-electron chi connectivity index (χ4n) is 3.04. The average molecular weight is 350 g/mol. The molecular formula is C18H20F2N2OS. The van der Waals surface area contributed by atoms with Gasteiger partial charge in [0.25, 0.3) is 5.56 Å². The number of nitrogens with zero attached hydrogens (tertiary/aromatic N) is 1. The van der Waals surface area contributed by atoms with E-state index < -0.39 is 17.0 Å². The molecule has 1 N–H and O–H groups in total. The second-order valence-corrected chi connectivity index (χ2v) is 7.31. The molecule has 0 atom stereocenters. The molecule has 0 aliphatic heterocycles. The minimum atomic E-state index is -0.812. The van der Waals surface area contributed by atoms with E-state index >= 15 is 0 Å². The first-order chi connectivity index (χ1) is 11.5. The molecule has 1 fully saturated rings. The molecule has 1 aliphatic carbocycles. The third-order valence-electron chi connectivity index (χ3n) is 4.51. The molecule has 1 saturated carbocycles. The minimum Gasteiger partial charge on any atom is -0.301 e. The van der Waals surface area contributed by atoms with E-state index in [0.29, 0.717) is 29.3 Å². The van der Waals surface area contributed by atoms with Crippen LogP contribution in [-0.4, -0.2) is 15.7 Å². The Labute approximate surface area is 143 Å². The number of benzene rings is 1. The maximum Gasteiger partial charge on any atom is 0.254 e. The summed E-state index contributed by atoms with van der Waals surface area (Å²) in [5.74, 6) is -0.299. The van der Waals surface area contributed by atoms with Gasteiger partial charge in [0.2, 0.25) is 0 Å². The normalized spacial score (nSPS) is 15.5. The second-order valence-electron chi connectivity index (χ2n) is 6.23. The van der Waals surface area contributed by atoms with Crippen LogP contribution in [0.1, 0.15) is 49.4 Å². The van der Waals surface area contributed by atoms with Gasteiger partial charge in [-0.05, 0) is 38.3 Å². The Balaban J connectivity index is 2.07. The van der Waals surface area contributed by atoms with Gasteiger partial charge in [0.05, 0.1) is 5.69 Å². The quantitative estimate of drug-likeness (QED) is 0.479. The van der Waals surface area contributed by atoms with Gasteiger partial charge in [0.1, 0.15) is 11.6 Å². The number of H-pyrrole nitrogens is 1. The number of halogens is 2. The van der Waals surface area contributed by atoms with Crippen molar-refractivity contribution in [2.75, 3.05) is 5.75 Å². The average Bonchev–Trinajstić information content (AvgIpc) is 3.32. The number of unbranched alkanes of at least 4 members (excludes halogenated alkanes) is 1. The summed E-state index contributed by atoms with van der Waals surface area (Å²) in [5.41, 5.74) is -0.0598. The molecule has 0 amide bonds. The maximum absolute atomic E-state index is 14.3. The van der Waals surface area contributed by atoms with Crippen molar-refractivity contribution in [3.8, 4) is 0 Å². The standard InChI is InChI=1S/C18H20F2N2OS/c1-3-4-10-24-17-21-15(11(2)16(23)22-17)18(8-9-18)14-12(19)6-5-7-13(14)20/h5-7H,3-4,8-10H2,1-2H3,(H,21,22,23). The van der Waals surface area contributed by atoms with E-state index in [9.17, 15) is 13.6 Å². The lowest BCUT2D eigenvalue weighted by Gasteiger charge is -2.19. The Morgan fingerprint density at radius 1 is 1.29 bits per heavy atom. The van der Waals surface area contributed by atoms with Crippen LogP contribution < -0.4 is 5.56 Å². The number of rotatable bonds is 6. The summed E-state index contributed by atoms with van der Waals surface area (Å²) < 4.78 is 28.6. The van der Waals surface area contributed by atoms with Crippen molar-refractivity contribution in [2.45, 2.75) is 50.1 Å². The van der Waals surface area contributed by atoms with Gasteiger partial charge >= 0.3 is 0 Å². The zero-order valence-electron chi connectivity index (χ0n) is 13.8. The number of thioether (sulfide) groups is 1. The number of hydrogen-bond acceptors (Lipinski definition) is 3. The number of aromatic nitrogens is 2. The molecule has 1 aromatic carbocycles. The fraction of sp³-hybridized carbons (Fsp3) is 0.444. The molecule has 6 heteroatoms. The predicted molar refractivity (Wildman–Crippen MR) is 91.6 cm³/mol. The van der Waals surface area contributed by atoms with Gasteiger partial charge in [-0.25, -0.2) is 13.8 Å². The molecule has 1 heterocycles. The van der Waals surface area contributed by atoms with E-state index in [1.165, 1.54) is 30.0 Å². The van der Waals surface area contributed by atoms with Gasteiger partial charge in [0, 0.05) is 22.3 Å². The summed E-state index contributed by atoms with van der Waals surface area (Å²) in [5, 5.41) is 0.525. The van der Waals surface area contributed by atoms with Crippen molar-refractivity contribution >= 4 is 11.8 Å². The molecule has 1 aliphatic rings. The van der Waals surface area contributed by atoms with Crippen molar-refractivity contribution < 1.29 is 8.78 Å². The minimum absolute atomic E-state index is 0.0377. The third kappa shape index (κ3) is 2.99. The first-order valence-corrected chi connectivity index (χ1v) is 9.17. The third-order valence-corrected chi connectivity index (χ3v) is 5.47. The van der Waals surface area contributed by atoms with Crippen LogP contribution in [0.25, 0.3) is 0 Å². The lowest BCUT2D eigenvalue weighted by molar-refractivity contribution is 0.530. The van der Waals surface area contributed by atoms with E-state index in [4.69, 9.17) is 0 Å². The Hall–Kier alpha value is -1.69. The fourth-order valence-corrected chi connectivity index (χ4v) is 3.99. The summed E-state index contributed by atoms with van der Waals surface area (Å²) in [7, 11) is 0. The van der Waals surface area contributed by atoms with Crippen molar-refractivity contribution in [1.29, 1.82) is 0 Å². The van der Waals surface area contributed by atoms with Crippen LogP contribution in [0.4, 0.5) is 8.78 Å². The summed E-state index contributed by atoms with van der Waals surface area (Å²) in [6, 6.07) is 3.88. The first-order valence-electron chi connectivity index (χ1n) is 8.18. The SMILES string of the molecule is CCCCSc1nc(C2(c3c(F)cccc3F)CC2)c(C)c(=O)[nH]1. The maximum atomic E-state index is 14.3. The first kappa shape index (κ1) is 17.1. The monoisotopic (exact) mass is 350 g/mol. The van der Waals surface area contributed by atoms with E-state index in [2.05, 4.69) is 16.9 Å². The van der Waals surface area contributed by atoms with Crippen molar-refractivity contribution in [1.82, 2.24) is 9.97 Å². The van der Waals surface area contributed by atoms with Crippen molar-refractivity contribution in [3.63, 3.8) is 0 Å². The van der Waals surface area contributed by atoms with E-state index in [-0.39, 0.29) is 11.1 Å². The van der Waals surface area contributed by atoms with Gasteiger partial charge < -0.3 is 4.98 Å². The Bertz CT molecular complexity index is 795. The molecule has 0 saturated heterocycles. The van der Waals surface area contributed by atoms with Gasteiger partial charge in [0.15, 0.2) is 5.16 Å². The molecule has 128 valence electrons. The van der Waals surface area contributed by atoms with Gasteiger partial charge in [-0.2, -0.15) is 0 Å². The summed E-state index contributed by atoms with van der Waals surface area (Å²) >= 11 is 1.48. The molecule has 0 spiro atoms. The number of nitrogens with one attached hydrogen (secondary N) is 1. The smallest absolute Gasteiger partial charge is 0.254 e. The number of aromatic amines is 1. The van der Waals surface area contributed by atoms with Gasteiger partial charge in [-0.1, -0.05) is 31.2 Å². The Morgan fingerprint density at radius 3 is 2.54 bits per heavy atom. The largest absolute Gasteiger partial charge is 0.301 e. The van der Waals surface area contributed by atoms with Crippen molar-refractivity contribution in [3.05, 3.63) is 57.0 Å². The second kappa shape index (κ2) is 6.67. The molecule has 24 heavy (non-hydrogen) atoms. The lowest BCUT2D eigenvalue weighted by Crippen LogP contribution is -2.24. The molecule has 0 radical (unpaired) electrons. The summed E-state index contributed by atoms with van der Waals surface area (Å²) in [4.78, 5) is 19.6. The van der Waals surface area contributed by atoms with Crippen LogP contribution in [0.5, 0.6) is 0 Å². The molecule has 3 nitrogen and oxygen atoms in total. The van der Waals surface area contributed by atoms with E-state index in [1.807, 2.05) is 0 Å². The Kier molecular flexibility index (Phi) is 4.76. The zero-order chi connectivity index (χ0) is 17.3. The lowest BCUT2D eigenvalue weighted by atomic mass is 9.89. The van der Waals surface area contributed by atoms with Crippen LogP contribution in [-0.2, 0) is 5.41 Å². The van der Waals surface area contributed by atoms with Crippen LogP contribution in [0, 0.1) is 18.6 Å². The van der Waals surface area contributed by atoms with Crippen LogP contribution in [0.2, 0.25) is 0 Å². The highest BCUT2D eigenvalue weighted by atomic mass is 32.2. The molecule has 1 aromatic heterocycles. The highest BCUT2D eigenvalue weighted by Crippen LogP contribution is 2.54. The highest BCUT2D eigenvalue weighted by Gasteiger charge is 2.52. The Morgan fingerprint density at radius 2 is 1.96 bits per heavy atom. The van der Waals surface area contributed by atoms with Crippen molar-refractivity contribution in [2.24, 2.45) is 0 Å². The van der Waals surface area contributed by atoms with Crippen LogP contribution >= 0.6 is 11.8 Å². The topological polar surface area (TPSA) is 45.8 Å². The van der Waals surface area contributed by atoms with Crippen LogP contribution in [0.3, 0.4) is 0 Å². The van der Waals surface area contributed by atoms with E-state index in [0.717, 1.165) is 18.6 Å². The van der Waals surface area contributed by atoms with Crippen LogP contribution in [0.15, 0.2) is 28.2 Å².